The van der Waals surface area contributed by atoms with Gasteiger partial charge in [0.2, 0.25) is 0 Å². The lowest BCUT2D eigenvalue weighted by atomic mass is 9.95. The normalized spacial score (nSPS) is 15.3. The largest absolute Gasteiger partial charge is 0.481 e. The molecule has 0 saturated carbocycles. The first-order chi connectivity index (χ1) is 10.1. The fourth-order valence-electron chi connectivity index (χ4n) is 3.26. The maximum atomic E-state index is 11.3. The van der Waals surface area contributed by atoms with E-state index in [0.717, 1.165) is 25.2 Å². The second-order valence-corrected chi connectivity index (χ2v) is 5.83. The van der Waals surface area contributed by atoms with E-state index in [1.54, 1.807) is 0 Å². The van der Waals surface area contributed by atoms with Gasteiger partial charge >= 0.3 is 5.97 Å². The van der Waals surface area contributed by atoms with Crippen LogP contribution in [0, 0.1) is 5.92 Å². The SMILES string of the molecule is CCC(Cc1cn(CC)c2cc3c(cc12)CNC3)C(=O)O. The van der Waals surface area contributed by atoms with Crippen LogP contribution in [-0.4, -0.2) is 15.6 Å². The Balaban J connectivity index is 2.08. The summed E-state index contributed by atoms with van der Waals surface area (Å²) in [6.45, 7) is 6.83. The van der Waals surface area contributed by atoms with Gasteiger partial charge in [-0.3, -0.25) is 4.79 Å². The van der Waals surface area contributed by atoms with Crippen molar-refractivity contribution >= 4 is 16.9 Å². The average Bonchev–Trinajstić information content (AvgIpc) is 3.05. The lowest BCUT2D eigenvalue weighted by Crippen LogP contribution is -2.15. The zero-order chi connectivity index (χ0) is 15.0. The van der Waals surface area contributed by atoms with Crippen LogP contribution in [0.4, 0.5) is 0 Å². The Morgan fingerprint density at radius 1 is 1.33 bits per heavy atom. The van der Waals surface area contributed by atoms with E-state index in [2.05, 4.69) is 35.1 Å². The van der Waals surface area contributed by atoms with Crippen LogP contribution in [-0.2, 0) is 30.8 Å². The Bertz CT molecular complexity index is 688. The van der Waals surface area contributed by atoms with Crippen LogP contribution in [0.2, 0.25) is 0 Å². The smallest absolute Gasteiger partial charge is 0.306 e. The van der Waals surface area contributed by atoms with Crippen molar-refractivity contribution in [2.24, 2.45) is 5.92 Å². The number of benzene rings is 1. The second-order valence-electron chi connectivity index (χ2n) is 5.83. The monoisotopic (exact) mass is 286 g/mol. The Morgan fingerprint density at radius 3 is 2.67 bits per heavy atom. The van der Waals surface area contributed by atoms with E-state index in [1.165, 1.54) is 22.0 Å². The first-order valence-electron chi connectivity index (χ1n) is 7.71. The highest BCUT2D eigenvalue weighted by Gasteiger charge is 2.20. The zero-order valence-electron chi connectivity index (χ0n) is 12.6. The van der Waals surface area contributed by atoms with Gasteiger partial charge in [-0.2, -0.15) is 0 Å². The van der Waals surface area contributed by atoms with Gasteiger partial charge in [0.15, 0.2) is 0 Å². The van der Waals surface area contributed by atoms with Crippen molar-refractivity contribution in [3.63, 3.8) is 0 Å². The van der Waals surface area contributed by atoms with Crippen molar-refractivity contribution in [1.82, 2.24) is 9.88 Å². The van der Waals surface area contributed by atoms with Crippen LogP contribution >= 0.6 is 0 Å². The first kappa shape index (κ1) is 14.1. The number of aliphatic carboxylic acids is 1. The molecule has 0 amide bonds. The number of hydrogen-bond acceptors (Lipinski definition) is 2. The summed E-state index contributed by atoms with van der Waals surface area (Å²) in [5.41, 5.74) is 5.11. The molecule has 1 aliphatic heterocycles. The lowest BCUT2D eigenvalue weighted by Gasteiger charge is -2.08. The lowest BCUT2D eigenvalue weighted by molar-refractivity contribution is -0.141. The molecule has 0 aliphatic carbocycles. The van der Waals surface area contributed by atoms with E-state index >= 15 is 0 Å². The van der Waals surface area contributed by atoms with Crippen LogP contribution in [0.3, 0.4) is 0 Å². The quantitative estimate of drug-likeness (QED) is 0.888. The summed E-state index contributed by atoms with van der Waals surface area (Å²) in [6.07, 6.45) is 3.42. The third kappa shape index (κ3) is 2.44. The van der Waals surface area contributed by atoms with Gasteiger partial charge < -0.3 is 15.0 Å². The molecule has 2 aromatic rings. The van der Waals surface area contributed by atoms with Gasteiger partial charge in [0.05, 0.1) is 5.92 Å². The fourth-order valence-corrected chi connectivity index (χ4v) is 3.26. The highest BCUT2D eigenvalue weighted by atomic mass is 16.4. The number of nitrogens with one attached hydrogen (secondary N) is 1. The molecule has 0 radical (unpaired) electrons. The molecule has 2 heterocycles. The molecule has 2 N–H and O–H groups in total. The molecule has 0 fully saturated rings. The summed E-state index contributed by atoms with van der Waals surface area (Å²) in [7, 11) is 0. The molecule has 21 heavy (non-hydrogen) atoms. The Hall–Kier alpha value is -1.81. The third-order valence-corrected chi connectivity index (χ3v) is 4.56. The van der Waals surface area contributed by atoms with E-state index < -0.39 is 5.97 Å². The van der Waals surface area contributed by atoms with Gasteiger partial charge in [-0.05, 0) is 48.6 Å². The number of carboxylic acid groups (broad SMARTS) is 1. The topological polar surface area (TPSA) is 54.3 Å². The Morgan fingerprint density at radius 2 is 2.05 bits per heavy atom. The van der Waals surface area contributed by atoms with E-state index in [-0.39, 0.29) is 5.92 Å². The highest BCUT2D eigenvalue weighted by Crippen LogP contribution is 2.29. The number of aryl methyl sites for hydroxylation is 1. The summed E-state index contributed by atoms with van der Waals surface area (Å²) < 4.78 is 2.23. The average molecular weight is 286 g/mol. The molecule has 4 nitrogen and oxygen atoms in total. The predicted molar refractivity (Wildman–Crippen MR) is 83.3 cm³/mol. The van der Waals surface area contributed by atoms with Gasteiger partial charge in [0.1, 0.15) is 0 Å². The number of rotatable bonds is 5. The van der Waals surface area contributed by atoms with Crippen molar-refractivity contribution in [3.8, 4) is 0 Å². The molecule has 1 atom stereocenters. The number of carboxylic acids is 1. The molecular weight excluding hydrogens is 264 g/mol. The molecule has 0 spiro atoms. The molecule has 1 aromatic carbocycles. The number of aromatic nitrogens is 1. The van der Waals surface area contributed by atoms with Crippen LogP contribution in [0.5, 0.6) is 0 Å². The first-order valence-corrected chi connectivity index (χ1v) is 7.71. The maximum Gasteiger partial charge on any atom is 0.306 e. The van der Waals surface area contributed by atoms with E-state index in [4.69, 9.17) is 0 Å². The standard InChI is InChI=1S/C17H22N2O2/c1-3-11(17(20)21)5-14-10-19(4-2)16-7-13-9-18-8-12(13)6-15(14)16/h6-7,10-11,18H,3-5,8-9H2,1-2H3,(H,20,21). The van der Waals surface area contributed by atoms with Gasteiger partial charge in [0.25, 0.3) is 0 Å². The minimum absolute atomic E-state index is 0.299. The van der Waals surface area contributed by atoms with Crippen LogP contribution in [0.25, 0.3) is 10.9 Å². The zero-order valence-corrected chi connectivity index (χ0v) is 12.6. The van der Waals surface area contributed by atoms with E-state index in [9.17, 15) is 9.90 Å². The van der Waals surface area contributed by atoms with Crippen LogP contribution < -0.4 is 5.32 Å². The highest BCUT2D eigenvalue weighted by molar-refractivity contribution is 5.86. The fraction of sp³-hybridized carbons (Fsp3) is 0.471. The number of hydrogen-bond donors (Lipinski definition) is 2. The summed E-state index contributed by atoms with van der Waals surface area (Å²) in [5, 5.41) is 13.9. The van der Waals surface area contributed by atoms with E-state index in [1.807, 2.05) is 6.92 Å². The molecule has 3 rings (SSSR count). The maximum absolute atomic E-state index is 11.3. The Kier molecular flexibility index (Phi) is 3.72. The summed E-state index contributed by atoms with van der Waals surface area (Å²) in [6, 6.07) is 4.51. The van der Waals surface area contributed by atoms with Gasteiger partial charge in [0, 0.05) is 36.7 Å². The van der Waals surface area contributed by atoms with Crippen molar-refractivity contribution in [2.45, 2.75) is 46.3 Å². The number of nitrogens with zero attached hydrogens (tertiary/aromatic N) is 1. The molecule has 0 saturated heterocycles. The van der Waals surface area contributed by atoms with E-state index in [0.29, 0.717) is 12.8 Å². The van der Waals surface area contributed by atoms with Crippen molar-refractivity contribution in [2.75, 3.05) is 0 Å². The van der Waals surface area contributed by atoms with Crippen LogP contribution in [0.1, 0.15) is 37.0 Å². The molecule has 4 heteroatoms. The number of carbonyl (C=O) groups is 1. The molecule has 1 aromatic heterocycles. The molecular formula is C17H22N2O2. The summed E-state index contributed by atoms with van der Waals surface area (Å²) >= 11 is 0. The molecule has 0 bridgehead atoms. The van der Waals surface area contributed by atoms with Gasteiger partial charge in [-0.25, -0.2) is 0 Å². The third-order valence-electron chi connectivity index (χ3n) is 4.56. The van der Waals surface area contributed by atoms with Crippen molar-refractivity contribution in [1.29, 1.82) is 0 Å². The summed E-state index contributed by atoms with van der Waals surface area (Å²) in [5.74, 6) is -0.995. The van der Waals surface area contributed by atoms with Gasteiger partial charge in [-0.15, -0.1) is 0 Å². The van der Waals surface area contributed by atoms with Crippen molar-refractivity contribution in [3.05, 3.63) is 35.0 Å². The predicted octanol–water partition coefficient (Wildman–Crippen LogP) is 2.92. The Labute approximate surface area is 124 Å². The number of fused-ring (bicyclic) bond motifs is 2. The molecule has 1 unspecified atom stereocenters. The minimum Gasteiger partial charge on any atom is -0.481 e. The molecule has 1 aliphatic rings. The van der Waals surface area contributed by atoms with Gasteiger partial charge in [-0.1, -0.05) is 6.92 Å². The minimum atomic E-state index is -0.697. The summed E-state index contributed by atoms with van der Waals surface area (Å²) in [4.78, 5) is 11.3. The van der Waals surface area contributed by atoms with Crippen molar-refractivity contribution < 1.29 is 9.90 Å². The molecule has 112 valence electrons. The second kappa shape index (κ2) is 5.53. The van der Waals surface area contributed by atoms with Crippen LogP contribution in [0.15, 0.2) is 18.3 Å².